The molecule has 2 rings (SSSR count). The van der Waals surface area contributed by atoms with Crippen LogP contribution in [0.1, 0.15) is 123 Å². The Kier molecular flexibility index (Phi) is 10.9. The van der Waals surface area contributed by atoms with Crippen molar-refractivity contribution in [2.45, 2.75) is 123 Å². The summed E-state index contributed by atoms with van der Waals surface area (Å²) < 4.78 is 0. The van der Waals surface area contributed by atoms with Gasteiger partial charge in [-0.25, -0.2) is 0 Å². The fourth-order valence-corrected chi connectivity index (χ4v) is 5.57. The summed E-state index contributed by atoms with van der Waals surface area (Å²) in [5.74, 6) is 4.21. The summed E-state index contributed by atoms with van der Waals surface area (Å²) in [6.07, 6.45) is 25.1. The molecule has 5 atom stereocenters. The largest absolute Gasteiger partial charge is 0.303 e. The highest BCUT2D eigenvalue weighted by Gasteiger charge is 2.24. The maximum absolute atomic E-state index is 10.9. The van der Waals surface area contributed by atoms with E-state index in [1.807, 2.05) is 0 Å². The molecule has 0 amide bonds. The molecule has 0 aromatic heterocycles. The van der Waals surface area contributed by atoms with Gasteiger partial charge in [-0.2, -0.15) is 0 Å². The number of hydrogen-bond donors (Lipinski definition) is 0. The third-order valence-electron chi connectivity index (χ3n) is 7.70. The topological polar surface area (TPSA) is 17.1 Å². The Morgan fingerprint density at radius 2 is 1.23 bits per heavy atom. The van der Waals surface area contributed by atoms with Crippen molar-refractivity contribution in [3.8, 4) is 0 Å². The van der Waals surface area contributed by atoms with E-state index >= 15 is 0 Å². The molecule has 1 heteroatoms. The van der Waals surface area contributed by atoms with Gasteiger partial charge >= 0.3 is 0 Å². The number of aldehydes is 1. The molecule has 2 fully saturated rings. The molecule has 0 aromatic rings. The summed E-state index contributed by atoms with van der Waals surface area (Å²) >= 11 is 0. The number of carbonyl (C=O) groups excluding carboxylic acids is 1. The second kappa shape index (κ2) is 12.9. The van der Waals surface area contributed by atoms with Gasteiger partial charge in [-0.1, -0.05) is 104 Å². The van der Waals surface area contributed by atoms with Crippen LogP contribution in [0, 0.1) is 29.6 Å². The second-order valence-electron chi connectivity index (χ2n) is 9.97. The lowest BCUT2D eigenvalue weighted by molar-refractivity contribution is -0.112. The molecule has 152 valence electrons. The van der Waals surface area contributed by atoms with Gasteiger partial charge in [-0.15, -0.1) is 0 Å². The molecule has 2 aliphatic rings. The number of rotatable bonds is 12. The lowest BCUT2D eigenvalue weighted by Crippen LogP contribution is -2.20. The van der Waals surface area contributed by atoms with Crippen molar-refractivity contribution in [3.05, 3.63) is 0 Å². The zero-order chi connectivity index (χ0) is 18.6. The highest BCUT2D eigenvalue weighted by atomic mass is 16.1. The van der Waals surface area contributed by atoms with Crippen LogP contribution in [0.25, 0.3) is 0 Å². The Bertz CT molecular complexity index is 363. The van der Waals surface area contributed by atoms with Crippen LogP contribution >= 0.6 is 0 Å². The van der Waals surface area contributed by atoms with E-state index in [9.17, 15) is 4.79 Å². The van der Waals surface area contributed by atoms with E-state index in [0.717, 1.165) is 30.1 Å². The zero-order valence-electron chi connectivity index (χ0n) is 17.9. The smallest absolute Gasteiger partial charge is 0.123 e. The van der Waals surface area contributed by atoms with Crippen molar-refractivity contribution < 1.29 is 4.79 Å². The number of hydrogen-bond acceptors (Lipinski definition) is 1. The molecule has 5 unspecified atom stereocenters. The van der Waals surface area contributed by atoms with Crippen LogP contribution in [-0.2, 0) is 4.79 Å². The van der Waals surface area contributed by atoms with E-state index in [2.05, 4.69) is 13.8 Å². The van der Waals surface area contributed by atoms with Gasteiger partial charge in [-0.05, 0) is 42.9 Å². The summed E-state index contributed by atoms with van der Waals surface area (Å²) in [5.41, 5.74) is 0. The van der Waals surface area contributed by atoms with Gasteiger partial charge < -0.3 is 4.79 Å². The summed E-state index contributed by atoms with van der Waals surface area (Å²) in [6.45, 7) is 4.91. The van der Waals surface area contributed by atoms with Crippen LogP contribution < -0.4 is 0 Å². The van der Waals surface area contributed by atoms with E-state index in [1.54, 1.807) is 0 Å². The fourth-order valence-electron chi connectivity index (χ4n) is 5.57. The molecule has 0 bridgehead atoms. The van der Waals surface area contributed by atoms with Gasteiger partial charge in [0.1, 0.15) is 6.29 Å². The van der Waals surface area contributed by atoms with Gasteiger partial charge in [-0.3, -0.25) is 0 Å². The molecule has 0 spiro atoms. The van der Waals surface area contributed by atoms with E-state index in [4.69, 9.17) is 0 Å². The number of unbranched alkanes of at least 4 members (excludes halogenated alkanes) is 7. The molecule has 1 nitrogen and oxygen atoms in total. The maximum Gasteiger partial charge on any atom is 0.123 e. The molecule has 0 saturated heterocycles. The first kappa shape index (κ1) is 22.0. The first-order valence-corrected chi connectivity index (χ1v) is 12.1. The van der Waals surface area contributed by atoms with Crippen molar-refractivity contribution in [1.82, 2.24) is 0 Å². The Hall–Kier alpha value is -0.330. The third kappa shape index (κ3) is 8.57. The van der Waals surface area contributed by atoms with Gasteiger partial charge in [0.05, 0.1) is 0 Å². The lowest BCUT2D eigenvalue weighted by Gasteiger charge is -2.32. The van der Waals surface area contributed by atoms with Crippen LogP contribution in [0.5, 0.6) is 0 Å². The normalized spacial score (nSPS) is 32.5. The fraction of sp³-hybridized carbons (Fsp3) is 0.960. The molecular formula is C25H46O. The van der Waals surface area contributed by atoms with E-state index in [1.165, 1.54) is 109 Å². The van der Waals surface area contributed by atoms with Crippen molar-refractivity contribution in [2.75, 3.05) is 0 Å². The van der Waals surface area contributed by atoms with E-state index in [0.29, 0.717) is 5.92 Å². The lowest BCUT2D eigenvalue weighted by atomic mass is 9.74. The summed E-state index contributed by atoms with van der Waals surface area (Å²) in [5, 5.41) is 0. The molecule has 0 aliphatic heterocycles. The van der Waals surface area contributed by atoms with Gasteiger partial charge in [0.2, 0.25) is 0 Å². The first-order chi connectivity index (χ1) is 12.7. The Morgan fingerprint density at radius 3 is 1.81 bits per heavy atom. The van der Waals surface area contributed by atoms with Crippen LogP contribution in [0.4, 0.5) is 0 Å². The van der Waals surface area contributed by atoms with Crippen LogP contribution in [-0.4, -0.2) is 6.29 Å². The molecule has 26 heavy (non-hydrogen) atoms. The summed E-state index contributed by atoms with van der Waals surface area (Å²) in [6, 6.07) is 0. The van der Waals surface area contributed by atoms with Crippen molar-refractivity contribution >= 4 is 6.29 Å². The van der Waals surface area contributed by atoms with Crippen LogP contribution in [0.15, 0.2) is 0 Å². The molecule has 0 aromatic carbocycles. The van der Waals surface area contributed by atoms with Gasteiger partial charge in [0, 0.05) is 5.92 Å². The average molecular weight is 363 g/mol. The monoisotopic (exact) mass is 362 g/mol. The predicted octanol–water partition coefficient (Wildman–Crippen LogP) is 7.97. The van der Waals surface area contributed by atoms with E-state index < -0.39 is 0 Å². The molecule has 0 N–H and O–H groups in total. The Morgan fingerprint density at radius 1 is 0.654 bits per heavy atom. The van der Waals surface area contributed by atoms with Gasteiger partial charge in [0.25, 0.3) is 0 Å². The van der Waals surface area contributed by atoms with Crippen molar-refractivity contribution in [2.24, 2.45) is 29.6 Å². The summed E-state index contributed by atoms with van der Waals surface area (Å²) in [7, 11) is 0. The van der Waals surface area contributed by atoms with Crippen molar-refractivity contribution in [3.63, 3.8) is 0 Å². The molecule has 2 aliphatic carbocycles. The number of carbonyl (C=O) groups is 1. The van der Waals surface area contributed by atoms with Crippen molar-refractivity contribution in [1.29, 1.82) is 0 Å². The zero-order valence-corrected chi connectivity index (χ0v) is 17.9. The Balaban J connectivity index is 1.35. The second-order valence-corrected chi connectivity index (χ2v) is 9.97. The molecule has 0 heterocycles. The summed E-state index contributed by atoms with van der Waals surface area (Å²) in [4.78, 5) is 10.9. The quantitative estimate of drug-likeness (QED) is 0.254. The minimum absolute atomic E-state index is 0.383. The Labute approximate surface area is 164 Å². The highest BCUT2D eigenvalue weighted by molar-refractivity contribution is 5.53. The van der Waals surface area contributed by atoms with E-state index in [-0.39, 0.29) is 0 Å². The minimum Gasteiger partial charge on any atom is -0.303 e. The molecule has 2 saturated carbocycles. The minimum atomic E-state index is 0.383. The first-order valence-electron chi connectivity index (χ1n) is 12.1. The standard InChI is InChI=1S/C25H46O/c1-21-16-17-24(18-22(21)2)13-10-8-6-4-3-5-7-9-12-23-14-11-15-25(19-23)20-26/h20-25H,3-19H2,1-2H3. The van der Waals surface area contributed by atoms with Crippen LogP contribution in [0.2, 0.25) is 0 Å². The third-order valence-corrected chi connectivity index (χ3v) is 7.70. The average Bonchev–Trinajstić information content (AvgIpc) is 2.66. The molecule has 0 radical (unpaired) electrons. The predicted molar refractivity (Wildman–Crippen MR) is 113 cm³/mol. The van der Waals surface area contributed by atoms with Gasteiger partial charge in [0.15, 0.2) is 0 Å². The molecular weight excluding hydrogens is 316 g/mol. The SMILES string of the molecule is CC1CCC(CCCCCCCCCCC2CCCC(C=O)C2)CC1C. The van der Waals surface area contributed by atoms with Crippen LogP contribution in [0.3, 0.4) is 0 Å². The highest BCUT2D eigenvalue weighted by Crippen LogP contribution is 2.36. The maximum atomic E-state index is 10.9.